The average Bonchev–Trinajstić information content (AvgIpc) is 3.44. The monoisotopic (exact) mass is 458 g/mol. The molecule has 0 bridgehead atoms. The van der Waals surface area contributed by atoms with Crippen LogP contribution in [0.3, 0.4) is 0 Å². The van der Waals surface area contributed by atoms with Gasteiger partial charge in [0.2, 0.25) is 5.91 Å². The van der Waals surface area contributed by atoms with Crippen molar-refractivity contribution in [1.29, 1.82) is 0 Å². The number of carbonyl (C=O) groups excluding carboxylic acids is 1. The van der Waals surface area contributed by atoms with Crippen LogP contribution in [0.5, 0.6) is 0 Å². The average molecular weight is 459 g/mol. The van der Waals surface area contributed by atoms with Crippen molar-refractivity contribution in [3.63, 3.8) is 0 Å². The molecule has 0 fully saturated rings. The summed E-state index contributed by atoms with van der Waals surface area (Å²) >= 11 is 1.41. The lowest BCUT2D eigenvalue weighted by molar-refractivity contribution is -0.119. The van der Waals surface area contributed by atoms with Crippen molar-refractivity contribution in [1.82, 2.24) is 20.1 Å². The number of benzene rings is 2. The first-order valence-electron chi connectivity index (χ1n) is 11.2. The predicted octanol–water partition coefficient (Wildman–Crippen LogP) is 5.18. The van der Waals surface area contributed by atoms with Crippen LogP contribution in [0, 0.1) is 6.92 Å². The van der Waals surface area contributed by atoms with E-state index in [1.165, 1.54) is 22.9 Å². The Labute approximate surface area is 197 Å². The highest BCUT2D eigenvalue weighted by Gasteiger charge is 2.23. The molecule has 1 atom stereocenters. The Bertz CT molecular complexity index is 1250. The minimum atomic E-state index is 0.0111. The van der Waals surface area contributed by atoms with E-state index in [-0.39, 0.29) is 17.7 Å². The number of aromatic nitrogens is 3. The van der Waals surface area contributed by atoms with Crippen molar-refractivity contribution >= 4 is 17.7 Å². The zero-order valence-electron chi connectivity index (χ0n) is 18.5. The zero-order valence-corrected chi connectivity index (χ0v) is 19.3. The van der Waals surface area contributed by atoms with Crippen molar-refractivity contribution in [3.8, 4) is 11.4 Å². The molecule has 2 aromatic heterocycles. The molecular weight excluding hydrogens is 432 g/mol. The molecule has 2 aromatic carbocycles. The fourth-order valence-electron chi connectivity index (χ4n) is 4.39. The molecule has 0 saturated carbocycles. The van der Waals surface area contributed by atoms with Crippen LogP contribution >= 0.6 is 11.8 Å². The summed E-state index contributed by atoms with van der Waals surface area (Å²) in [5, 5.41) is 12.8. The van der Waals surface area contributed by atoms with E-state index in [0.29, 0.717) is 11.7 Å². The maximum Gasteiger partial charge on any atom is 0.230 e. The molecule has 4 aromatic rings. The summed E-state index contributed by atoms with van der Waals surface area (Å²) in [5.41, 5.74) is 4.63. The SMILES string of the molecule is Cc1occc1-c1nnc(SCC(=O)N[C@H]2CCCc3ccccc32)n1Cc1ccccc1. The van der Waals surface area contributed by atoms with Crippen LogP contribution in [0.4, 0.5) is 0 Å². The van der Waals surface area contributed by atoms with E-state index in [4.69, 9.17) is 4.42 Å². The van der Waals surface area contributed by atoms with Crippen LogP contribution in [0.25, 0.3) is 11.4 Å². The summed E-state index contributed by atoms with van der Waals surface area (Å²) in [6.07, 6.45) is 4.81. The number of rotatable bonds is 7. The molecule has 7 heteroatoms. The van der Waals surface area contributed by atoms with Gasteiger partial charge in [-0.15, -0.1) is 10.2 Å². The number of aryl methyl sites for hydroxylation is 2. The van der Waals surface area contributed by atoms with Gasteiger partial charge < -0.3 is 9.73 Å². The molecule has 1 amide bonds. The number of amides is 1. The lowest BCUT2D eigenvalue weighted by Gasteiger charge is -2.26. The molecule has 0 radical (unpaired) electrons. The van der Waals surface area contributed by atoms with Crippen LogP contribution in [0.1, 0.15) is 41.3 Å². The van der Waals surface area contributed by atoms with Gasteiger partial charge in [0.15, 0.2) is 11.0 Å². The standard InChI is InChI=1S/C26H26N4O2S/c1-18-21(14-15-32-18)25-28-29-26(30(25)16-19-8-3-2-4-9-19)33-17-24(31)27-23-13-7-11-20-10-5-6-12-22(20)23/h2-6,8-10,12,14-15,23H,7,11,13,16-17H2,1H3,(H,27,31)/t23-/m0/s1. The molecule has 1 N–H and O–H groups in total. The third-order valence-corrected chi connectivity index (χ3v) is 7.00. The first kappa shape index (κ1) is 21.5. The first-order valence-corrected chi connectivity index (χ1v) is 12.2. The molecule has 0 aliphatic heterocycles. The summed E-state index contributed by atoms with van der Waals surface area (Å²) in [7, 11) is 0. The molecule has 33 heavy (non-hydrogen) atoms. The van der Waals surface area contributed by atoms with Gasteiger partial charge in [0.1, 0.15) is 5.76 Å². The van der Waals surface area contributed by atoms with Crippen LogP contribution in [-0.2, 0) is 17.8 Å². The quantitative estimate of drug-likeness (QED) is 0.386. The fraction of sp³-hybridized carbons (Fsp3) is 0.269. The molecule has 0 spiro atoms. The molecule has 1 aliphatic carbocycles. The number of thioether (sulfide) groups is 1. The lowest BCUT2D eigenvalue weighted by Crippen LogP contribution is -2.32. The van der Waals surface area contributed by atoms with E-state index in [0.717, 1.165) is 42.0 Å². The number of carbonyl (C=O) groups is 1. The van der Waals surface area contributed by atoms with E-state index in [2.05, 4.69) is 50.4 Å². The third-order valence-electron chi connectivity index (χ3n) is 6.04. The Morgan fingerprint density at radius 2 is 1.94 bits per heavy atom. The Morgan fingerprint density at radius 3 is 2.76 bits per heavy atom. The normalized spacial score (nSPS) is 15.2. The Balaban J connectivity index is 1.33. The van der Waals surface area contributed by atoms with Gasteiger partial charge >= 0.3 is 0 Å². The first-order chi connectivity index (χ1) is 16.2. The highest BCUT2D eigenvalue weighted by Crippen LogP contribution is 2.30. The van der Waals surface area contributed by atoms with Gasteiger partial charge in [0.05, 0.1) is 30.2 Å². The summed E-state index contributed by atoms with van der Waals surface area (Å²) in [4.78, 5) is 12.8. The minimum Gasteiger partial charge on any atom is -0.469 e. The molecule has 168 valence electrons. The summed E-state index contributed by atoms with van der Waals surface area (Å²) in [6.45, 7) is 2.53. The van der Waals surface area contributed by atoms with Crippen LogP contribution in [0.15, 0.2) is 76.5 Å². The van der Waals surface area contributed by atoms with Crippen molar-refractivity contribution in [2.75, 3.05) is 5.75 Å². The van der Waals surface area contributed by atoms with Gasteiger partial charge in [0.25, 0.3) is 0 Å². The summed E-state index contributed by atoms with van der Waals surface area (Å²) < 4.78 is 7.55. The number of fused-ring (bicyclic) bond motifs is 1. The fourth-order valence-corrected chi connectivity index (χ4v) is 5.14. The second-order valence-corrected chi connectivity index (χ2v) is 9.21. The van der Waals surface area contributed by atoms with E-state index >= 15 is 0 Å². The molecular formula is C26H26N4O2S. The Hall–Kier alpha value is -3.32. The van der Waals surface area contributed by atoms with E-state index in [1.807, 2.05) is 37.3 Å². The Morgan fingerprint density at radius 1 is 1.12 bits per heavy atom. The van der Waals surface area contributed by atoms with E-state index in [1.54, 1.807) is 6.26 Å². The Kier molecular flexibility index (Phi) is 6.30. The van der Waals surface area contributed by atoms with Gasteiger partial charge in [-0.25, -0.2) is 0 Å². The molecule has 5 rings (SSSR count). The second-order valence-electron chi connectivity index (χ2n) is 8.27. The highest BCUT2D eigenvalue weighted by molar-refractivity contribution is 7.99. The number of nitrogens with one attached hydrogen (secondary N) is 1. The minimum absolute atomic E-state index is 0.0111. The maximum atomic E-state index is 12.8. The van der Waals surface area contributed by atoms with Gasteiger partial charge in [0, 0.05) is 0 Å². The van der Waals surface area contributed by atoms with Crippen LogP contribution < -0.4 is 5.32 Å². The van der Waals surface area contributed by atoms with Crippen molar-refractivity contribution < 1.29 is 9.21 Å². The summed E-state index contributed by atoms with van der Waals surface area (Å²) in [6, 6.07) is 20.6. The van der Waals surface area contributed by atoms with Crippen LogP contribution in [0.2, 0.25) is 0 Å². The molecule has 0 unspecified atom stereocenters. The number of hydrogen-bond acceptors (Lipinski definition) is 5. The smallest absolute Gasteiger partial charge is 0.230 e. The van der Waals surface area contributed by atoms with Gasteiger partial charge in [-0.05, 0) is 48.9 Å². The van der Waals surface area contributed by atoms with Crippen molar-refractivity contribution in [2.45, 2.75) is 43.9 Å². The molecule has 1 aliphatic rings. The molecule has 6 nitrogen and oxygen atoms in total. The lowest BCUT2D eigenvalue weighted by atomic mass is 9.88. The number of hydrogen-bond donors (Lipinski definition) is 1. The predicted molar refractivity (Wildman–Crippen MR) is 129 cm³/mol. The van der Waals surface area contributed by atoms with E-state index < -0.39 is 0 Å². The van der Waals surface area contributed by atoms with Crippen LogP contribution in [-0.4, -0.2) is 26.4 Å². The van der Waals surface area contributed by atoms with Gasteiger partial charge in [-0.3, -0.25) is 9.36 Å². The number of furan rings is 1. The van der Waals surface area contributed by atoms with E-state index in [9.17, 15) is 4.79 Å². The number of nitrogens with zero attached hydrogens (tertiary/aromatic N) is 3. The second kappa shape index (κ2) is 9.67. The van der Waals surface area contributed by atoms with Gasteiger partial charge in [-0.1, -0.05) is 66.4 Å². The largest absolute Gasteiger partial charge is 0.469 e. The van der Waals surface area contributed by atoms with Gasteiger partial charge in [-0.2, -0.15) is 0 Å². The summed E-state index contributed by atoms with van der Waals surface area (Å²) in [5.74, 6) is 1.84. The zero-order chi connectivity index (χ0) is 22.6. The highest BCUT2D eigenvalue weighted by atomic mass is 32.2. The van der Waals surface area contributed by atoms with Crippen molar-refractivity contribution in [2.24, 2.45) is 0 Å². The topological polar surface area (TPSA) is 72.9 Å². The molecule has 2 heterocycles. The van der Waals surface area contributed by atoms with Crippen molar-refractivity contribution in [3.05, 3.63) is 89.4 Å². The molecule has 0 saturated heterocycles. The maximum absolute atomic E-state index is 12.8. The third kappa shape index (κ3) is 4.73.